The summed E-state index contributed by atoms with van der Waals surface area (Å²) in [5.74, 6) is 0.227. The van der Waals surface area contributed by atoms with Gasteiger partial charge in [0.15, 0.2) is 0 Å². The largest absolute Gasteiger partial charge is 0.396 e. The molecule has 156 valence electrons. The summed E-state index contributed by atoms with van der Waals surface area (Å²) >= 11 is 0. The van der Waals surface area contributed by atoms with Crippen molar-refractivity contribution < 1.29 is 9.90 Å². The number of rotatable bonds is 8. The molecule has 0 bridgehead atoms. The molecule has 1 heterocycles. The lowest BCUT2D eigenvalue weighted by Crippen LogP contribution is -2.48. The molecule has 0 unspecified atom stereocenters. The quantitative estimate of drug-likeness (QED) is 0.696. The maximum absolute atomic E-state index is 12.9. The summed E-state index contributed by atoms with van der Waals surface area (Å²) in [7, 11) is 0. The van der Waals surface area contributed by atoms with Crippen molar-refractivity contribution in [1.82, 2.24) is 4.90 Å². The topological polar surface area (TPSA) is 40.5 Å². The van der Waals surface area contributed by atoms with Crippen LogP contribution in [0.5, 0.6) is 0 Å². The number of carbonyl (C=O) groups is 1. The molecule has 1 N–H and O–H groups in total. The van der Waals surface area contributed by atoms with Gasteiger partial charge in [0.05, 0.1) is 6.61 Å². The zero-order valence-electron chi connectivity index (χ0n) is 18.0. The maximum Gasteiger partial charge on any atom is 0.222 e. The lowest BCUT2D eigenvalue weighted by atomic mass is 9.76. The van der Waals surface area contributed by atoms with E-state index < -0.39 is 0 Å². The van der Waals surface area contributed by atoms with Gasteiger partial charge < -0.3 is 10.0 Å². The van der Waals surface area contributed by atoms with Crippen molar-refractivity contribution in [2.75, 3.05) is 19.7 Å². The van der Waals surface area contributed by atoms with E-state index in [9.17, 15) is 9.90 Å². The Hall–Kier alpha value is -2.13. The number of aryl methyl sites for hydroxylation is 4. The Bertz CT molecular complexity index is 781. The average molecular weight is 394 g/mol. The Balaban J connectivity index is 1.53. The highest BCUT2D eigenvalue weighted by Crippen LogP contribution is 2.35. The van der Waals surface area contributed by atoms with Gasteiger partial charge >= 0.3 is 0 Å². The first-order valence-corrected chi connectivity index (χ1v) is 11.0. The molecule has 29 heavy (non-hydrogen) atoms. The summed E-state index contributed by atoms with van der Waals surface area (Å²) in [6.07, 6.45) is 6.39. The normalized spacial score (nSPS) is 19.3. The maximum atomic E-state index is 12.9. The van der Waals surface area contributed by atoms with E-state index in [0.717, 1.165) is 45.1 Å². The fourth-order valence-corrected chi connectivity index (χ4v) is 4.77. The van der Waals surface area contributed by atoms with Crippen molar-refractivity contribution in [3.8, 4) is 0 Å². The van der Waals surface area contributed by atoms with Crippen molar-refractivity contribution in [2.45, 2.75) is 58.8 Å². The highest BCUT2D eigenvalue weighted by molar-refractivity contribution is 5.76. The molecule has 1 aliphatic heterocycles. The van der Waals surface area contributed by atoms with Crippen LogP contribution in [0.1, 0.15) is 54.4 Å². The van der Waals surface area contributed by atoms with Crippen LogP contribution in [-0.2, 0) is 17.6 Å². The van der Waals surface area contributed by atoms with Crippen LogP contribution in [0.15, 0.2) is 48.5 Å². The molecular weight excluding hydrogens is 358 g/mol. The summed E-state index contributed by atoms with van der Waals surface area (Å²) in [6, 6.07) is 17.0. The average Bonchev–Trinajstić information content (AvgIpc) is 2.72. The van der Waals surface area contributed by atoms with E-state index in [4.69, 9.17) is 0 Å². The summed E-state index contributed by atoms with van der Waals surface area (Å²) < 4.78 is 0. The molecule has 2 aromatic carbocycles. The number of hydrogen-bond donors (Lipinski definition) is 1. The number of amides is 1. The molecular formula is C26H35NO2. The molecule has 0 aromatic heterocycles. The number of piperidine rings is 1. The van der Waals surface area contributed by atoms with Crippen molar-refractivity contribution >= 4 is 5.91 Å². The van der Waals surface area contributed by atoms with Gasteiger partial charge in [-0.2, -0.15) is 0 Å². The lowest BCUT2D eigenvalue weighted by molar-refractivity contribution is -0.135. The van der Waals surface area contributed by atoms with Crippen LogP contribution < -0.4 is 0 Å². The Morgan fingerprint density at radius 1 is 1.03 bits per heavy atom. The van der Waals surface area contributed by atoms with E-state index in [1.807, 2.05) is 11.0 Å². The Morgan fingerprint density at radius 2 is 1.76 bits per heavy atom. The molecule has 1 amide bonds. The molecule has 0 saturated carbocycles. The first kappa shape index (κ1) is 21.6. The van der Waals surface area contributed by atoms with Crippen LogP contribution in [0.2, 0.25) is 0 Å². The fourth-order valence-electron chi connectivity index (χ4n) is 4.77. The van der Waals surface area contributed by atoms with E-state index >= 15 is 0 Å². The Labute approximate surface area is 175 Å². The Morgan fingerprint density at radius 3 is 2.45 bits per heavy atom. The van der Waals surface area contributed by atoms with Crippen LogP contribution in [0.25, 0.3) is 0 Å². The van der Waals surface area contributed by atoms with Crippen molar-refractivity contribution in [3.05, 3.63) is 70.8 Å². The van der Waals surface area contributed by atoms with Gasteiger partial charge in [0.2, 0.25) is 5.91 Å². The third kappa shape index (κ3) is 6.17. The molecule has 1 aliphatic rings. The van der Waals surface area contributed by atoms with Gasteiger partial charge in [-0.25, -0.2) is 0 Å². The first-order valence-electron chi connectivity index (χ1n) is 11.0. The van der Waals surface area contributed by atoms with Crippen LogP contribution in [-0.4, -0.2) is 35.6 Å². The van der Waals surface area contributed by atoms with Gasteiger partial charge in [-0.05, 0) is 63.5 Å². The van der Waals surface area contributed by atoms with Crippen molar-refractivity contribution in [1.29, 1.82) is 0 Å². The van der Waals surface area contributed by atoms with E-state index in [1.54, 1.807) is 0 Å². The van der Waals surface area contributed by atoms with Gasteiger partial charge in [-0.3, -0.25) is 4.79 Å². The molecule has 3 heteroatoms. The van der Waals surface area contributed by atoms with Gasteiger partial charge in [-0.15, -0.1) is 0 Å². The summed E-state index contributed by atoms with van der Waals surface area (Å²) in [4.78, 5) is 14.9. The van der Waals surface area contributed by atoms with Crippen molar-refractivity contribution in [2.24, 2.45) is 5.41 Å². The highest BCUT2D eigenvalue weighted by Gasteiger charge is 2.36. The minimum Gasteiger partial charge on any atom is -0.396 e. The highest BCUT2D eigenvalue weighted by atomic mass is 16.3. The molecule has 1 fully saturated rings. The van der Waals surface area contributed by atoms with Gasteiger partial charge in [-0.1, -0.05) is 59.7 Å². The molecule has 1 atom stereocenters. The fraction of sp³-hybridized carbons (Fsp3) is 0.500. The van der Waals surface area contributed by atoms with E-state index in [0.29, 0.717) is 13.0 Å². The summed E-state index contributed by atoms with van der Waals surface area (Å²) in [6.45, 7) is 5.90. The van der Waals surface area contributed by atoms with Crippen molar-refractivity contribution in [3.63, 3.8) is 0 Å². The monoisotopic (exact) mass is 393 g/mol. The van der Waals surface area contributed by atoms with Gasteiger partial charge in [0.25, 0.3) is 0 Å². The van der Waals surface area contributed by atoms with E-state index in [-0.39, 0.29) is 17.9 Å². The molecule has 1 saturated heterocycles. The minimum atomic E-state index is -0.136. The van der Waals surface area contributed by atoms with Gasteiger partial charge in [0, 0.05) is 24.9 Å². The van der Waals surface area contributed by atoms with Crippen LogP contribution in [0.4, 0.5) is 0 Å². The molecule has 0 spiro atoms. The molecule has 2 aromatic rings. The molecule has 3 nitrogen and oxygen atoms in total. The van der Waals surface area contributed by atoms with E-state index in [1.165, 1.54) is 22.3 Å². The summed E-state index contributed by atoms with van der Waals surface area (Å²) in [5, 5.41) is 10.2. The number of likely N-dealkylation sites (tertiary alicyclic amines) is 1. The number of nitrogens with zero attached hydrogens (tertiary/aromatic N) is 1. The zero-order valence-corrected chi connectivity index (χ0v) is 18.0. The first-order chi connectivity index (χ1) is 14.0. The second-order valence-corrected chi connectivity index (χ2v) is 8.91. The summed E-state index contributed by atoms with van der Waals surface area (Å²) in [5.41, 5.74) is 4.95. The predicted octanol–water partition coefficient (Wildman–Crippen LogP) is 4.86. The van der Waals surface area contributed by atoms with Crippen LogP contribution in [0.3, 0.4) is 0 Å². The minimum absolute atomic E-state index is 0.136. The number of aliphatic hydroxyl groups is 1. The zero-order chi connectivity index (χ0) is 20.7. The third-order valence-electron chi connectivity index (χ3n) is 6.27. The lowest BCUT2D eigenvalue weighted by Gasteiger charge is -2.42. The molecule has 0 radical (unpaired) electrons. The van der Waals surface area contributed by atoms with E-state index in [2.05, 4.69) is 56.3 Å². The smallest absolute Gasteiger partial charge is 0.222 e. The molecule has 0 aliphatic carbocycles. The van der Waals surface area contributed by atoms with Gasteiger partial charge in [0.1, 0.15) is 0 Å². The number of aliphatic hydroxyl groups excluding tert-OH is 1. The number of hydrogen-bond acceptors (Lipinski definition) is 2. The SMILES string of the molecule is Cc1cc(C)cc(CCC(=O)N2CCC[C@](CO)(CCCc3ccccc3)C2)c1. The number of carbonyl (C=O) groups excluding carboxylic acids is 1. The second kappa shape index (κ2) is 10.1. The third-order valence-corrected chi connectivity index (χ3v) is 6.27. The standard InChI is InChI=1S/C26H35NO2/c1-21-16-22(2)18-24(17-21)11-12-25(29)27-15-7-14-26(19-27,20-28)13-6-10-23-8-4-3-5-9-23/h3-5,8-9,16-18,28H,6-7,10-15,19-20H2,1-2H3/t26-/m1/s1. The second-order valence-electron chi connectivity index (χ2n) is 8.91. The van der Waals surface area contributed by atoms with Crippen LogP contribution in [0, 0.1) is 19.3 Å². The predicted molar refractivity (Wildman–Crippen MR) is 119 cm³/mol. The number of benzene rings is 2. The van der Waals surface area contributed by atoms with Crippen LogP contribution >= 0.6 is 0 Å². The Kier molecular flexibility index (Phi) is 7.49. The molecule has 3 rings (SSSR count).